The molecule has 2 atom stereocenters. The summed E-state index contributed by atoms with van der Waals surface area (Å²) in [4.78, 5) is 14.7. The van der Waals surface area contributed by atoms with Gasteiger partial charge in [0.15, 0.2) is 0 Å². The van der Waals surface area contributed by atoms with Gasteiger partial charge < -0.3 is 10.2 Å². The van der Waals surface area contributed by atoms with E-state index in [1.165, 1.54) is 6.07 Å². The molecule has 0 bridgehead atoms. The molecule has 4 heteroatoms. The summed E-state index contributed by atoms with van der Waals surface area (Å²) in [6.45, 7) is 6.62. The van der Waals surface area contributed by atoms with Gasteiger partial charge in [-0.2, -0.15) is 0 Å². The van der Waals surface area contributed by atoms with Crippen LogP contribution in [0.4, 0.5) is 10.1 Å². The summed E-state index contributed by atoms with van der Waals surface area (Å²) in [6.07, 6.45) is 3.18. The predicted molar refractivity (Wildman–Crippen MR) is 79.5 cm³/mol. The zero-order chi connectivity index (χ0) is 14.7. The summed E-state index contributed by atoms with van der Waals surface area (Å²) in [7, 11) is 0. The monoisotopic (exact) mass is 278 g/mol. The number of hydrogen-bond donors (Lipinski definition) is 1. The second-order valence-electron chi connectivity index (χ2n) is 5.53. The Labute approximate surface area is 120 Å². The van der Waals surface area contributed by atoms with Crippen molar-refractivity contribution in [1.82, 2.24) is 4.90 Å². The molecule has 20 heavy (non-hydrogen) atoms. The van der Waals surface area contributed by atoms with E-state index in [1.54, 1.807) is 12.1 Å². The van der Waals surface area contributed by atoms with Gasteiger partial charge in [0.1, 0.15) is 5.82 Å². The summed E-state index contributed by atoms with van der Waals surface area (Å²) in [6, 6.07) is 5.12. The highest BCUT2D eigenvalue weighted by atomic mass is 19.1. The molecule has 1 aliphatic heterocycles. The van der Waals surface area contributed by atoms with Crippen LogP contribution < -0.4 is 5.32 Å². The van der Waals surface area contributed by atoms with Crippen molar-refractivity contribution >= 4 is 11.6 Å². The maximum atomic E-state index is 13.9. The van der Waals surface area contributed by atoms with E-state index in [4.69, 9.17) is 0 Å². The second kappa shape index (κ2) is 6.25. The minimum atomic E-state index is -0.366. The Morgan fingerprint density at radius 3 is 2.60 bits per heavy atom. The Balaban J connectivity index is 2.35. The topological polar surface area (TPSA) is 32.3 Å². The lowest BCUT2D eigenvalue weighted by atomic mass is 9.96. The van der Waals surface area contributed by atoms with Gasteiger partial charge in [-0.3, -0.25) is 4.79 Å². The van der Waals surface area contributed by atoms with Crippen LogP contribution >= 0.6 is 0 Å². The molecule has 1 aliphatic rings. The quantitative estimate of drug-likeness (QED) is 0.915. The minimum Gasteiger partial charge on any atom is -0.382 e. The molecule has 0 spiro atoms. The van der Waals surface area contributed by atoms with Crippen LogP contribution in [0.25, 0.3) is 0 Å². The number of carbonyl (C=O) groups is 1. The molecular formula is C16H23FN2O. The lowest BCUT2D eigenvalue weighted by Gasteiger charge is -2.39. The van der Waals surface area contributed by atoms with Crippen LogP contribution in [0.5, 0.6) is 0 Å². The summed E-state index contributed by atoms with van der Waals surface area (Å²) in [5, 5.41) is 2.97. The molecular weight excluding hydrogens is 255 g/mol. The van der Waals surface area contributed by atoms with Gasteiger partial charge >= 0.3 is 0 Å². The highest BCUT2D eigenvalue weighted by molar-refractivity contribution is 6.00. The third-order valence-corrected chi connectivity index (χ3v) is 4.03. The Morgan fingerprint density at radius 2 is 2.00 bits per heavy atom. The SMILES string of the molecule is CCNc1c(F)cccc1C(=O)N1[C@H](C)CCC[C@@H]1C. The minimum absolute atomic E-state index is 0.0693. The largest absolute Gasteiger partial charge is 0.382 e. The molecule has 1 aromatic rings. The van der Waals surface area contributed by atoms with Gasteiger partial charge in [0.2, 0.25) is 0 Å². The maximum Gasteiger partial charge on any atom is 0.256 e. The van der Waals surface area contributed by atoms with Gasteiger partial charge in [0.05, 0.1) is 11.3 Å². The number of benzene rings is 1. The molecule has 2 rings (SSSR count). The number of carbonyl (C=O) groups excluding carboxylic acids is 1. The molecule has 1 N–H and O–H groups in total. The summed E-state index contributed by atoms with van der Waals surface area (Å²) in [5.74, 6) is -0.435. The van der Waals surface area contributed by atoms with Gasteiger partial charge in [-0.1, -0.05) is 6.07 Å². The maximum absolute atomic E-state index is 13.9. The van der Waals surface area contributed by atoms with Crippen molar-refractivity contribution in [2.75, 3.05) is 11.9 Å². The van der Waals surface area contributed by atoms with Crippen LogP contribution in [-0.2, 0) is 0 Å². The number of para-hydroxylation sites is 1. The summed E-state index contributed by atoms with van der Waals surface area (Å²) in [5.41, 5.74) is 0.762. The molecule has 1 aromatic carbocycles. The van der Waals surface area contributed by atoms with Gasteiger partial charge in [-0.15, -0.1) is 0 Å². The van der Waals surface area contributed by atoms with Crippen molar-refractivity contribution in [2.45, 2.75) is 52.1 Å². The smallest absolute Gasteiger partial charge is 0.256 e. The van der Waals surface area contributed by atoms with Crippen molar-refractivity contribution in [3.8, 4) is 0 Å². The number of likely N-dealkylation sites (tertiary alicyclic amines) is 1. The van der Waals surface area contributed by atoms with Crippen molar-refractivity contribution in [1.29, 1.82) is 0 Å². The number of nitrogens with one attached hydrogen (secondary N) is 1. The number of rotatable bonds is 3. The van der Waals surface area contributed by atoms with E-state index in [0.717, 1.165) is 19.3 Å². The van der Waals surface area contributed by atoms with Crippen LogP contribution in [0.1, 0.15) is 50.4 Å². The molecule has 0 aliphatic carbocycles. The highest BCUT2D eigenvalue weighted by Gasteiger charge is 2.31. The number of anilines is 1. The van der Waals surface area contributed by atoms with Gasteiger partial charge in [-0.25, -0.2) is 4.39 Å². The molecule has 0 unspecified atom stereocenters. The number of nitrogens with zero attached hydrogens (tertiary/aromatic N) is 1. The highest BCUT2D eigenvalue weighted by Crippen LogP contribution is 2.28. The van der Waals surface area contributed by atoms with E-state index >= 15 is 0 Å². The van der Waals surface area contributed by atoms with Crippen molar-refractivity contribution in [3.63, 3.8) is 0 Å². The Kier molecular flexibility index (Phi) is 4.63. The van der Waals surface area contributed by atoms with E-state index in [0.29, 0.717) is 17.8 Å². The van der Waals surface area contributed by atoms with Crippen molar-refractivity contribution < 1.29 is 9.18 Å². The number of amides is 1. The normalized spacial score (nSPS) is 22.7. The van der Waals surface area contributed by atoms with Gasteiger partial charge in [-0.05, 0) is 52.2 Å². The first-order valence-corrected chi connectivity index (χ1v) is 7.41. The lowest BCUT2D eigenvalue weighted by molar-refractivity contribution is 0.0511. The third kappa shape index (κ3) is 2.79. The Morgan fingerprint density at radius 1 is 1.35 bits per heavy atom. The number of hydrogen-bond acceptors (Lipinski definition) is 2. The Bertz CT molecular complexity index is 479. The lowest BCUT2D eigenvalue weighted by Crippen LogP contribution is -2.47. The molecule has 0 radical (unpaired) electrons. The molecule has 1 saturated heterocycles. The van der Waals surface area contributed by atoms with E-state index in [-0.39, 0.29) is 23.8 Å². The van der Waals surface area contributed by atoms with Crippen LogP contribution in [0, 0.1) is 5.82 Å². The number of halogens is 1. The zero-order valence-electron chi connectivity index (χ0n) is 12.4. The van der Waals surface area contributed by atoms with E-state index in [2.05, 4.69) is 19.2 Å². The summed E-state index contributed by atoms with van der Waals surface area (Å²) >= 11 is 0. The zero-order valence-corrected chi connectivity index (χ0v) is 12.4. The van der Waals surface area contributed by atoms with Crippen molar-refractivity contribution in [3.05, 3.63) is 29.6 Å². The average molecular weight is 278 g/mol. The molecule has 1 heterocycles. The molecule has 3 nitrogen and oxygen atoms in total. The average Bonchev–Trinajstić information content (AvgIpc) is 2.41. The van der Waals surface area contributed by atoms with Gasteiger partial charge in [0, 0.05) is 18.6 Å². The fourth-order valence-electron chi connectivity index (χ4n) is 3.02. The fraction of sp³-hybridized carbons (Fsp3) is 0.562. The van der Waals surface area contributed by atoms with Crippen LogP contribution in [-0.4, -0.2) is 29.4 Å². The molecule has 0 saturated carbocycles. The summed E-state index contributed by atoms with van der Waals surface area (Å²) < 4.78 is 13.9. The molecule has 1 fully saturated rings. The first-order valence-electron chi connectivity index (χ1n) is 7.41. The fourth-order valence-corrected chi connectivity index (χ4v) is 3.02. The second-order valence-corrected chi connectivity index (χ2v) is 5.53. The van der Waals surface area contributed by atoms with Crippen LogP contribution in [0.15, 0.2) is 18.2 Å². The molecule has 110 valence electrons. The Hall–Kier alpha value is -1.58. The number of piperidine rings is 1. The van der Waals surface area contributed by atoms with Crippen LogP contribution in [0.3, 0.4) is 0 Å². The standard InChI is InChI=1S/C16H23FN2O/c1-4-18-15-13(9-6-10-14(15)17)16(20)19-11(2)7-5-8-12(19)3/h6,9-12,18H,4-5,7-8H2,1-3H3/t11-,12+. The third-order valence-electron chi connectivity index (χ3n) is 4.03. The first kappa shape index (κ1) is 14.8. The van der Waals surface area contributed by atoms with E-state index in [1.807, 2.05) is 11.8 Å². The van der Waals surface area contributed by atoms with Crippen LogP contribution in [0.2, 0.25) is 0 Å². The first-order chi connectivity index (χ1) is 9.56. The van der Waals surface area contributed by atoms with Gasteiger partial charge in [0.25, 0.3) is 5.91 Å². The van der Waals surface area contributed by atoms with Crippen molar-refractivity contribution in [2.24, 2.45) is 0 Å². The molecule has 1 amide bonds. The van der Waals surface area contributed by atoms with E-state index < -0.39 is 0 Å². The van der Waals surface area contributed by atoms with E-state index in [9.17, 15) is 9.18 Å². The molecule has 0 aromatic heterocycles. The predicted octanol–water partition coefficient (Wildman–Crippen LogP) is 3.66.